The van der Waals surface area contributed by atoms with Crippen LogP contribution in [0.15, 0.2) is 12.7 Å². The second kappa shape index (κ2) is 4.35. The second-order valence-electron chi connectivity index (χ2n) is 2.94. The Labute approximate surface area is 93.4 Å². The van der Waals surface area contributed by atoms with Gasteiger partial charge in [-0.2, -0.15) is 39.5 Å². The van der Waals surface area contributed by atoms with Crippen molar-refractivity contribution in [1.29, 1.82) is 0 Å². The van der Waals surface area contributed by atoms with E-state index in [9.17, 15) is 44.3 Å². The van der Waals surface area contributed by atoms with Crippen molar-refractivity contribution in [2.45, 2.75) is 24.1 Å². The molecular formula is C7H4F9NO. The summed E-state index contributed by atoms with van der Waals surface area (Å²) in [7, 11) is 0. The van der Waals surface area contributed by atoms with Gasteiger partial charge in [0.2, 0.25) is 5.91 Å². The summed E-state index contributed by atoms with van der Waals surface area (Å²) in [6, 6.07) is 0. The monoisotopic (exact) mass is 289 g/mol. The minimum Gasteiger partial charge on any atom is -0.323 e. The van der Waals surface area contributed by atoms with Crippen molar-refractivity contribution in [1.82, 2.24) is 5.32 Å². The van der Waals surface area contributed by atoms with E-state index in [4.69, 9.17) is 0 Å². The lowest BCUT2D eigenvalue weighted by Crippen LogP contribution is -2.75. The largest absolute Gasteiger partial charge is 0.429 e. The number of carbonyl (C=O) groups excluding carboxylic acids is 1. The van der Waals surface area contributed by atoms with Crippen LogP contribution < -0.4 is 5.32 Å². The van der Waals surface area contributed by atoms with Crippen LogP contribution in [-0.4, -0.2) is 30.0 Å². The lowest BCUT2D eigenvalue weighted by molar-refractivity contribution is -0.387. The first-order valence-electron chi connectivity index (χ1n) is 3.85. The lowest BCUT2D eigenvalue weighted by atomic mass is 9.96. The van der Waals surface area contributed by atoms with Gasteiger partial charge < -0.3 is 5.32 Å². The summed E-state index contributed by atoms with van der Waals surface area (Å²) < 4.78 is 110. The van der Waals surface area contributed by atoms with Crippen LogP contribution >= 0.6 is 0 Å². The van der Waals surface area contributed by atoms with Gasteiger partial charge in [-0.15, -0.1) is 0 Å². The van der Waals surface area contributed by atoms with E-state index in [1.807, 2.05) is 0 Å². The number of halogens is 9. The number of alkyl halides is 9. The minimum atomic E-state index is -6.82. The summed E-state index contributed by atoms with van der Waals surface area (Å²) in [6.45, 7) is 2.48. The molecule has 0 atom stereocenters. The number of carbonyl (C=O) groups is 1. The molecule has 0 rings (SSSR count). The van der Waals surface area contributed by atoms with Gasteiger partial charge in [-0.05, 0) is 6.08 Å². The van der Waals surface area contributed by atoms with Gasteiger partial charge in [0.15, 0.2) is 0 Å². The first kappa shape index (κ1) is 16.6. The second-order valence-corrected chi connectivity index (χ2v) is 2.94. The summed E-state index contributed by atoms with van der Waals surface area (Å²) in [5.41, 5.74) is -6.34. The molecule has 0 aliphatic carbocycles. The van der Waals surface area contributed by atoms with E-state index in [-0.39, 0.29) is 11.4 Å². The highest BCUT2D eigenvalue weighted by Crippen LogP contribution is 2.52. The average Bonchev–Trinajstić information content (AvgIpc) is 2.07. The molecule has 0 fully saturated rings. The van der Waals surface area contributed by atoms with Crippen LogP contribution in [-0.2, 0) is 4.79 Å². The van der Waals surface area contributed by atoms with Gasteiger partial charge in [0.25, 0.3) is 0 Å². The SMILES string of the molecule is C=CC(=O)NC(C(F)(F)F)(C(F)(F)F)C(F)(F)F. The highest BCUT2D eigenvalue weighted by molar-refractivity contribution is 5.87. The Bertz CT molecular complexity index is 300. The number of rotatable bonds is 2. The summed E-state index contributed by atoms with van der Waals surface area (Å²) in [4.78, 5) is 10.4. The van der Waals surface area contributed by atoms with Gasteiger partial charge in [0.1, 0.15) is 0 Å². The van der Waals surface area contributed by atoms with Crippen molar-refractivity contribution in [2.24, 2.45) is 0 Å². The molecule has 0 aliphatic rings. The molecule has 2 nitrogen and oxygen atoms in total. The van der Waals surface area contributed by atoms with Gasteiger partial charge in [-0.3, -0.25) is 4.79 Å². The Morgan fingerprint density at radius 2 is 1.11 bits per heavy atom. The zero-order valence-corrected chi connectivity index (χ0v) is 8.09. The first-order valence-corrected chi connectivity index (χ1v) is 3.85. The van der Waals surface area contributed by atoms with Crippen LogP contribution in [0.1, 0.15) is 0 Å². The molecule has 0 bridgehead atoms. The molecule has 0 spiro atoms. The highest BCUT2D eigenvalue weighted by Gasteiger charge is 2.84. The predicted molar refractivity (Wildman–Crippen MR) is 39.2 cm³/mol. The van der Waals surface area contributed by atoms with Gasteiger partial charge in [0, 0.05) is 0 Å². The molecule has 106 valence electrons. The summed E-state index contributed by atoms with van der Waals surface area (Å²) in [5, 5.41) is -0.132. The van der Waals surface area contributed by atoms with E-state index in [0.717, 1.165) is 0 Å². The van der Waals surface area contributed by atoms with Crippen molar-refractivity contribution in [3.63, 3.8) is 0 Å². The number of amides is 1. The molecule has 18 heavy (non-hydrogen) atoms. The molecule has 0 heterocycles. The lowest BCUT2D eigenvalue weighted by Gasteiger charge is -2.38. The maximum atomic E-state index is 12.2. The van der Waals surface area contributed by atoms with E-state index >= 15 is 0 Å². The number of hydrogen-bond acceptors (Lipinski definition) is 1. The fourth-order valence-corrected chi connectivity index (χ4v) is 0.931. The van der Waals surface area contributed by atoms with Gasteiger partial charge in [-0.1, -0.05) is 6.58 Å². The molecule has 0 aromatic heterocycles. The van der Waals surface area contributed by atoms with Crippen LogP contribution in [0.3, 0.4) is 0 Å². The van der Waals surface area contributed by atoms with Gasteiger partial charge >= 0.3 is 24.1 Å². The van der Waals surface area contributed by atoms with Crippen molar-refractivity contribution >= 4 is 5.91 Å². The molecule has 11 heteroatoms. The van der Waals surface area contributed by atoms with E-state index in [0.29, 0.717) is 0 Å². The molecular weight excluding hydrogens is 285 g/mol. The fourth-order valence-electron chi connectivity index (χ4n) is 0.931. The molecule has 0 aliphatic heterocycles. The molecule has 0 unspecified atom stereocenters. The van der Waals surface area contributed by atoms with Gasteiger partial charge in [-0.25, -0.2) is 0 Å². The Morgan fingerprint density at radius 3 is 1.28 bits per heavy atom. The third kappa shape index (κ3) is 2.53. The third-order valence-electron chi connectivity index (χ3n) is 1.77. The maximum absolute atomic E-state index is 12.2. The van der Waals surface area contributed by atoms with Crippen molar-refractivity contribution in [3.05, 3.63) is 12.7 Å². The summed E-state index contributed by atoms with van der Waals surface area (Å²) in [5.74, 6) is -2.26. The molecule has 1 amide bonds. The third-order valence-corrected chi connectivity index (χ3v) is 1.77. The zero-order valence-electron chi connectivity index (χ0n) is 8.09. The number of nitrogens with one attached hydrogen (secondary N) is 1. The van der Waals surface area contributed by atoms with Crippen molar-refractivity contribution in [3.8, 4) is 0 Å². The smallest absolute Gasteiger partial charge is 0.323 e. The summed E-state index contributed by atoms with van der Waals surface area (Å²) in [6.07, 6.45) is -20.6. The first-order chi connectivity index (χ1) is 7.70. The number of hydrogen-bond donors (Lipinski definition) is 1. The van der Waals surface area contributed by atoms with Crippen LogP contribution in [0.4, 0.5) is 39.5 Å². The van der Waals surface area contributed by atoms with E-state index in [1.54, 1.807) is 0 Å². The van der Waals surface area contributed by atoms with E-state index in [1.165, 1.54) is 0 Å². The fraction of sp³-hybridized carbons (Fsp3) is 0.571. The highest BCUT2D eigenvalue weighted by atomic mass is 19.4. The molecule has 0 aromatic rings. The Balaban J connectivity index is 6.08. The Hall–Kier alpha value is -1.42. The maximum Gasteiger partial charge on any atom is 0.429 e. The minimum absolute atomic E-state index is 0.132. The van der Waals surface area contributed by atoms with E-state index < -0.39 is 30.0 Å². The van der Waals surface area contributed by atoms with Crippen molar-refractivity contribution < 1.29 is 44.3 Å². The van der Waals surface area contributed by atoms with Crippen LogP contribution in [0.5, 0.6) is 0 Å². The molecule has 0 aromatic carbocycles. The van der Waals surface area contributed by atoms with Crippen LogP contribution in [0, 0.1) is 0 Å². The molecule has 0 radical (unpaired) electrons. The van der Waals surface area contributed by atoms with Gasteiger partial charge in [0.05, 0.1) is 0 Å². The molecule has 1 N–H and O–H groups in total. The standard InChI is InChI=1S/C7H4F9NO/c1-2-3(18)17-4(5(8,9)10,6(11,12)13)7(14,15)16/h2H,1H2,(H,17,18). The van der Waals surface area contributed by atoms with Crippen molar-refractivity contribution in [2.75, 3.05) is 0 Å². The normalized spacial score (nSPS) is 14.3. The average molecular weight is 289 g/mol. The van der Waals surface area contributed by atoms with Crippen LogP contribution in [0.2, 0.25) is 0 Å². The zero-order chi connectivity index (χ0) is 15.0. The van der Waals surface area contributed by atoms with Crippen LogP contribution in [0.25, 0.3) is 0 Å². The van der Waals surface area contributed by atoms with E-state index in [2.05, 4.69) is 6.58 Å². The predicted octanol–water partition coefficient (Wildman–Crippen LogP) is 2.71. The molecule has 0 saturated carbocycles. The molecule has 0 saturated heterocycles. The Kier molecular flexibility index (Phi) is 4.01. The summed E-state index contributed by atoms with van der Waals surface area (Å²) >= 11 is 0. The quantitative estimate of drug-likeness (QED) is 0.614. The Morgan fingerprint density at radius 1 is 0.833 bits per heavy atom. The topological polar surface area (TPSA) is 29.1 Å².